The molecule has 0 spiro atoms. The third kappa shape index (κ3) is 9.02. The fourth-order valence-corrected chi connectivity index (χ4v) is 3.52. The first-order chi connectivity index (χ1) is 14.9. The summed E-state index contributed by atoms with van der Waals surface area (Å²) in [6.07, 6.45) is 0.0155. The number of carbonyl (C=O) groups excluding carboxylic acids is 1. The van der Waals surface area contributed by atoms with Gasteiger partial charge in [0.25, 0.3) is 0 Å². The SMILES string of the molecule is CC(C)(C)NC(=O)OCCCN(Cc1cc(Cl)cc(Cl)c1)C(=S)Nc1ccc(F)nc1N. The lowest BCUT2D eigenvalue weighted by molar-refractivity contribution is 0.134. The third-order valence-corrected chi connectivity index (χ3v) is 4.79. The molecule has 0 bridgehead atoms. The number of ether oxygens (including phenoxy) is 1. The first kappa shape index (κ1) is 25.9. The lowest BCUT2D eigenvalue weighted by Crippen LogP contribution is -2.41. The normalized spacial score (nSPS) is 11.1. The number of alkyl carbamates (subject to hydrolysis) is 1. The van der Waals surface area contributed by atoms with Crippen LogP contribution >= 0.6 is 35.4 Å². The van der Waals surface area contributed by atoms with Crippen molar-refractivity contribution < 1.29 is 13.9 Å². The smallest absolute Gasteiger partial charge is 0.407 e. The summed E-state index contributed by atoms with van der Waals surface area (Å²) in [5.41, 5.74) is 6.61. The summed E-state index contributed by atoms with van der Waals surface area (Å²) >= 11 is 17.8. The van der Waals surface area contributed by atoms with Crippen LogP contribution < -0.4 is 16.4 Å². The maximum atomic E-state index is 13.2. The van der Waals surface area contributed by atoms with Gasteiger partial charge in [0.1, 0.15) is 0 Å². The first-order valence-electron chi connectivity index (χ1n) is 9.81. The standard InChI is InChI=1S/C21H26Cl2FN5O2S/c1-21(2,3)28-20(30)31-8-4-7-29(12-13-9-14(22)11-15(23)10-13)19(32)26-16-5-6-17(24)27-18(16)25/h5-6,9-11H,4,7-8,12H2,1-3H3,(H2,25,27)(H,26,32)(H,28,30). The Balaban J connectivity index is 2.06. The number of hydrogen-bond acceptors (Lipinski definition) is 5. The second kappa shape index (κ2) is 11.5. The molecule has 0 saturated heterocycles. The molecular weight excluding hydrogens is 476 g/mol. The molecule has 1 aromatic heterocycles. The number of nitrogens with zero attached hydrogens (tertiary/aromatic N) is 2. The zero-order valence-corrected chi connectivity index (χ0v) is 20.4. The summed E-state index contributed by atoms with van der Waals surface area (Å²) in [6.45, 7) is 6.63. The Hall–Kier alpha value is -2.36. The number of benzene rings is 1. The van der Waals surface area contributed by atoms with Crippen LogP contribution in [0.2, 0.25) is 10.0 Å². The van der Waals surface area contributed by atoms with Gasteiger partial charge in [0.2, 0.25) is 5.95 Å². The van der Waals surface area contributed by atoms with E-state index in [9.17, 15) is 9.18 Å². The van der Waals surface area contributed by atoms with E-state index in [4.69, 9.17) is 45.9 Å². The molecule has 0 aliphatic carbocycles. The van der Waals surface area contributed by atoms with E-state index in [1.807, 2.05) is 25.7 Å². The minimum absolute atomic E-state index is 0.0136. The van der Waals surface area contributed by atoms with E-state index < -0.39 is 12.0 Å². The Morgan fingerprint density at radius 2 is 1.91 bits per heavy atom. The predicted octanol–water partition coefficient (Wildman–Crippen LogP) is 5.22. The molecule has 1 heterocycles. The molecular formula is C21H26Cl2FN5O2S. The van der Waals surface area contributed by atoms with Gasteiger partial charge < -0.3 is 26.0 Å². The highest BCUT2D eigenvalue weighted by Gasteiger charge is 2.16. The van der Waals surface area contributed by atoms with Crippen molar-refractivity contribution in [2.45, 2.75) is 39.3 Å². The molecule has 174 valence electrons. The Kier molecular flexibility index (Phi) is 9.30. The van der Waals surface area contributed by atoms with Crippen LogP contribution in [0.4, 0.5) is 20.7 Å². The van der Waals surface area contributed by atoms with Gasteiger partial charge in [0, 0.05) is 28.7 Å². The van der Waals surface area contributed by atoms with Crippen molar-refractivity contribution in [3.63, 3.8) is 0 Å². The van der Waals surface area contributed by atoms with Gasteiger partial charge in [0.15, 0.2) is 10.9 Å². The number of nitrogens with two attached hydrogens (primary N) is 1. The van der Waals surface area contributed by atoms with Crippen molar-refractivity contribution in [1.29, 1.82) is 0 Å². The van der Waals surface area contributed by atoms with Crippen LogP contribution in [0.3, 0.4) is 0 Å². The van der Waals surface area contributed by atoms with Gasteiger partial charge in [-0.2, -0.15) is 4.39 Å². The summed E-state index contributed by atoms with van der Waals surface area (Å²) < 4.78 is 18.5. The molecule has 2 rings (SSSR count). The van der Waals surface area contributed by atoms with Crippen molar-refractivity contribution in [1.82, 2.24) is 15.2 Å². The van der Waals surface area contributed by atoms with Crippen LogP contribution in [0.5, 0.6) is 0 Å². The van der Waals surface area contributed by atoms with Crippen molar-refractivity contribution in [3.8, 4) is 0 Å². The quantitative estimate of drug-likeness (QED) is 0.272. The van der Waals surface area contributed by atoms with Crippen LogP contribution in [0, 0.1) is 5.95 Å². The lowest BCUT2D eigenvalue weighted by atomic mass is 10.1. The van der Waals surface area contributed by atoms with Gasteiger partial charge in [-0.3, -0.25) is 0 Å². The summed E-state index contributed by atoms with van der Waals surface area (Å²) in [6, 6.07) is 7.84. The number of halogens is 3. The van der Waals surface area contributed by atoms with Crippen molar-refractivity contribution in [2.75, 3.05) is 24.2 Å². The zero-order valence-electron chi connectivity index (χ0n) is 18.0. The number of aromatic nitrogens is 1. The van der Waals surface area contributed by atoms with Crippen molar-refractivity contribution in [3.05, 3.63) is 51.9 Å². The van der Waals surface area contributed by atoms with Crippen LogP contribution in [-0.4, -0.2) is 39.8 Å². The maximum Gasteiger partial charge on any atom is 0.407 e. The maximum absolute atomic E-state index is 13.2. The molecule has 2 aromatic rings. The molecule has 32 heavy (non-hydrogen) atoms. The summed E-state index contributed by atoms with van der Waals surface area (Å²) in [5, 5.41) is 7.05. The lowest BCUT2D eigenvalue weighted by Gasteiger charge is -2.26. The highest BCUT2D eigenvalue weighted by atomic mass is 35.5. The molecule has 4 N–H and O–H groups in total. The van der Waals surface area contributed by atoms with E-state index in [-0.39, 0.29) is 18.0 Å². The van der Waals surface area contributed by atoms with Crippen molar-refractivity contribution >= 4 is 58.1 Å². The molecule has 1 aromatic carbocycles. The minimum atomic E-state index is -0.685. The molecule has 0 fully saturated rings. The number of pyridine rings is 1. The van der Waals surface area contributed by atoms with Gasteiger partial charge in [0.05, 0.1) is 12.3 Å². The van der Waals surface area contributed by atoms with Gasteiger partial charge >= 0.3 is 6.09 Å². The summed E-state index contributed by atoms with van der Waals surface area (Å²) in [5.74, 6) is -0.699. The summed E-state index contributed by atoms with van der Waals surface area (Å²) in [4.78, 5) is 17.3. The number of nitrogen functional groups attached to an aromatic ring is 1. The largest absolute Gasteiger partial charge is 0.449 e. The molecule has 0 aliphatic heterocycles. The van der Waals surface area contributed by atoms with Gasteiger partial charge in [-0.05, 0) is 75.3 Å². The Morgan fingerprint density at radius 3 is 2.50 bits per heavy atom. The molecule has 0 saturated carbocycles. The highest BCUT2D eigenvalue weighted by Crippen LogP contribution is 2.21. The predicted molar refractivity (Wildman–Crippen MR) is 131 cm³/mol. The second-order valence-electron chi connectivity index (χ2n) is 8.06. The minimum Gasteiger partial charge on any atom is -0.449 e. The highest BCUT2D eigenvalue weighted by molar-refractivity contribution is 7.80. The monoisotopic (exact) mass is 501 g/mol. The zero-order chi connectivity index (χ0) is 23.9. The van der Waals surface area contributed by atoms with Gasteiger partial charge in [-0.15, -0.1) is 0 Å². The molecule has 11 heteroatoms. The second-order valence-corrected chi connectivity index (χ2v) is 9.32. The summed E-state index contributed by atoms with van der Waals surface area (Å²) in [7, 11) is 0. The number of nitrogens with one attached hydrogen (secondary N) is 2. The van der Waals surface area contributed by atoms with Crippen LogP contribution in [0.25, 0.3) is 0 Å². The number of thiocarbonyl (C=S) groups is 1. The molecule has 0 unspecified atom stereocenters. The van der Waals surface area contributed by atoms with E-state index in [0.29, 0.717) is 40.4 Å². The number of anilines is 2. The fourth-order valence-electron chi connectivity index (χ4n) is 2.69. The van der Waals surface area contributed by atoms with Crippen LogP contribution in [-0.2, 0) is 11.3 Å². The Bertz CT molecular complexity index is 951. The van der Waals surface area contributed by atoms with E-state index in [1.54, 1.807) is 18.2 Å². The number of rotatable bonds is 7. The van der Waals surface area contributed by atoms with E-state index in [1.165, 1.54) is 12.1 Å². The number of hydrogen-bond donors (Lipinski definition) is 3. The van der Waals surface area contributed by atoms with E-state index in [0.717, 1.165) is 5.56 Å². The molecule has 0 radical (unpaired) electrons. The molecule has 7 nitrogen and oxygen atoms in total. The Morgan fingerprint density at radius 1 is 1.25 bits per heavy atom. The number of amides is 1. The molecule has 0 aliphatic rings. The topological polar surface area (TPSA) is 92.5 Å². The number of carbonyl (C=O) groups is 1. The van der Waals surface area contributed by atoms with Gasteiger partial charge in [-0.1, -0.05) is 23.2 Å². The third-order valence-electron chi connectivity index (χ3n) is 4.00. The average Bonchev–Trinajstić information content (AvgIpc) is 2.64. The van der Waals surface area contributed by atoms with Gasteiger partial charge in [-0.25, -0.2) is 9.78 Å². The van der Waals surface area contributed by atoms with E-state index in [2.05, 4.69) is 15.6 Å². The first-order valence-corrected chi connectivity index (χ1v) is 11.0. The Labute approximate surface area is 202 Å². The van der Waals surface area contributed by atoms with Crippen LogP contribution in [0.15, 0.2) is 30.3 Å². The van der Waals surface area contributed by atoms with Crippen LogP contribution in [0.1, 0.15) is 32.8 Å². The average molecular weight is 502 g/mol. The molecule has 1 amide bonds. The van der Waals surface area contributed by atoms with Crippen molar-refractivity contribution in [2.24, 2.45) is 0 Å². The molecule has 0 atom stereocenters. The fraction of sp³-hybridized carbons (Fsp3) is 0.381. The van der Waals surface area contributed by atoms with E-state index >= 15 is 0 Å².